The molecular formula is C14H14ClFN2O. The topological polar surface area (TPSA) is 34.2 Å². The van der Waals surface area contributed by atoms with Crippen LogP contribution in [0.25, 0.3) is 0 Å². The molecule has 0 aliphatic rings. The van der Waals surface area contributed by atoms with Crippen LogP contribution in [0, 0.1) is 12.7 Å². The minimum Gasteiger partial charge on any atom is -0.439 e. The lowest BCUT2D eigenvalue weighted by molar-refractivity contribution is 0.457. The van der Waals surface area contributed by atoms with Crippen LogP contribution in [0.2, 0.25) is 5.02 Å². The summed E-state index contributed by atoms with van der Waals surface area (Å²) in [6, 6.07) is 6.20. The van der Waals surface area contributed by atoms with Gasteiger partial charge in [-0.05, 0) is 37.7 Å². The molecule has 1 N–H and O–H groups in total. The van der Waals surface area contributed by atoms with Gasteiger partial charge in [0.1, 0.15) is 11.6 Å². The van der Waals surface area contributed by atoms with E-state index >= 15 is 0 Å². The summed E-state index contributed by atoms with van der Waals surface area (Å²) in [6.07, 6.45) is 1.74. The Kier molecular flexibility index (Phi) is 4.35. The minimum atomic E-state index is -0.469. The normalized spacial score (nSPS) is 10.5. The van der Waals surface area contributed by atoms with E-state index in [9.17, 15) is 4.39 Å². The molecule has 0 radical (unpaired) electrons. The van der Waals surface area contributed by atoms with Crippen LogP contribution >= 0.6 is 11.6 Å². The van der Waals surface area contributed by atoms with Gasteiger partial charge in [0.05, 0.1) is 5.02 Å². The molecule has 100 valence electrons. The van der Waals surface area contributed by atoms with Gasteiger partial charge in [-0.15, -0.1) is 0 Å². The highest BCUT2D eigenvalue weighted by molar-refractivity contribution is 6.30. The number of ether oxygens (including phenoxy) is 1. The Labute approximate surface area is 116 Å². The van der Waals surface area contributed by atoms with E-state index in [1.807, 2.05) is 20.0 Å². The molecule has 2 aromatic rings. The average Bonchev–Trinajstić information content (AvgIpc) is 2.37. The molecule has 0 bridgehead atoms. The van der Waals surface area contributed by atoms with E-state index in [1.54, 1.807) is 6.20 Å². The molecule has 1 aromatic carbocycles. The van der Waals surface area contributed by atoms with Crippen LogP contribution in [0.5, 0.6) is 11.6 Å². The molecule has 0 amide bonds. The minimum absolute atomic E-state index is 0.0296. The van der Waals surface area contributed by atoms with Crippen LogP contribution in [0.15, 0.2) is 30.5 Å². The zero-order chi connectivity index (χ0) is 13.8. The van der Waals surface area contributed by atoms with Crippen LogP contribution in [-0.4, -0.2) is 12.0 Å². The zero-order valence-corrected chi connectivity index (χ0v) is 11.5. The van der Waals surface area contributed by atoms with E-state index in [0.717, 1.165) is 17.7 Å². The van der Waals surface area contributed by atoms with Crippen LogP contribution < -0.4 is 10.1 Å². The third-order valence-electron chi connectivity index (χ3n) is 2.57. The van der Waals surface area contributed by atoms with E-state index in [-0.39, 0.29) is 5.02 Å². The molecule has 19 heavy (non-hydrogen) atoms. The second-order valence-electron chi connectivity index (χ2n) is 4.17. The van der Waals surface area contributed by atoms with Crippen LogP contribution in [0.3, 0.4) is 0 Å². The highest BCUT2D eigenvalue weighted by atomic mass is 35.5. The monoisotopic (exact) mass is 280 g/mol. The van der Waals surface area contributed by atoms with Gasteiger partial charge < -0.3 is 10.1 Å². The molecule has 0 fully saturated rings. The standard InChI is InChI=1S/C14H14ClFN2O/c1-9-5-10(7-17-2)8-18-14(9)19-11-3-4-13(16)12(15)6-11/h3-6,8,17H,7H2,1-2H3. The van der Waals surface area contributed by atoms with Crippen molar-refractivity contribution in [1.29, 1.82) is 0 Å². The maximum Gasteiger partial charge on any atom is 0.222 e. The second-order valence-corrected chi connectivity index (χ2v) is 4.58. The van der Waals surface area contributed by atoms with Crippen molar-refractivity contribution < 1.29 is 9.13 Å². The highest BCUT2D eigenvalue weighted by Crippen LogP contribution is 2.27. The van der Waals surface area contributed by atoms with E-state index in [4.69, 9.17) is 16.3 Å². The first-order valence-corrected chi connectivity index (χ1v) is 6.21. The first kappa shape index (κ1) is 13.8. The van der Waals surface area contributed by atoms with Crippen molar-refractivity contribution >= 4 is 11.6 Å². The maximum atomic E-state index is 13.0. The molecule has 5 heteroatoms. The second kappa shape index (κ2) is 5.99. The van der Waals surface area contributed by atoms with Crippen molar-refractivity contribution in [2.24, 2.45) is 0 Å². The Bertz CT molecular complexity index is 590. The molecule has 1 heterocycles. The van der Waals surface area contributed by atoms with Crippen molar-refractivity contribution in [2.75, 3.05) is 7.05 Å². The molecule has 0 aliphatic heterocycles. The van der Waals surface area contributed by atoms with Crippen LogP contribution in [-0.2, 0) is 6.54 Å². The third kappa shape index (κ3) is 3.43. The number of benzene rings is 1. The predicted molar refractivity (Wildman–Crippen MR) is 73.2 cm³/mol. The summed E-state index contributed by atoms with van der Waals surface area (Å²) in [5.41, 5.74) is 1.98. The highest BCUT2D eigenvalue weighted by Gasteiger charge is 2.07. The molecule has 0 spiro atoms. The summed E-state index contributed by atoms with van der Waals surface area (Å²) in [5.74, 6) is 0.481. The summed E-state index contributed by atoms with van der Waals surface area (Å²) in [4.78, 5) is 4.25. The Morgan fingerprint density at radius 2 is 2.16 bits per heavy atom. The maximum absolute atomic E-state index is 13.0. The smallest absolute Gasteiger partial charge is 0.222 e. The molecule has 0 saturated carbocycles. The molecule has 0 saturated heterocycles. The Balaban J connectivity index is 2.20. The number of nitrogens with zero attached hydrogens (tertiary/aromatic N) is 1. The average molecular weight is 281 g/mol. The lowest BCUT2D eigenvalue weighted by atomic mass is 10.2. The Morgan fingerprint density at radius 1 is 1.37 bits per heavy atom. The number of aromatic nitrogens is 1. The number of pyridine rings is 1. The summed E-state index contributed by atoms with van der Waals surface area (Å²) in [5, 5.41) is 3.08. The Morgan fingerprint density at radius 3 is 2.79 bits per heavy atom. The summed E-state index contributed by atoms with van der Waals surface area (Å²) in [7, 11) is 1.88. The molecular weight excluding hydrogens is 267 g/mol. The summed E-state index contributed by atoms with van der Waals surface area (Å²) < 4.78 is 18.6. The number of hydrogen-bond donors (Lipinski definition) is 1. The fourth-order valence-electron chi connectivity index (χ4n) is 1.68. The van der Waals surface area contributed by atoms with Crippen molar-refractivity contribution in [1.82, 2.24) is 10.3 Å². The van der Waals surface area contributed by atoms with Gasteiger partial charge in [0.25, 0.3) is 0 Å². The van der Waals surface area contributed by atoms with E-state index in [0.29, 0.717) is 11.6 Å². The number of nitrogens with one attached hydrogen (secondary N) is 1. The van der Waals surface area contributed by atoms with Crippen LogP contribution in [0.4, 0.5) is 4.39 Å². The van der Waals surface area contributed by atoms with Crippen LogP contribution in [0.1, 0.15) is 11.1 Å². The molecule has 0 atom stereocenters. The lowest BCUT2D eigenvalue weighted by Crippen LogP contribution is -2.06. The van der Waals surface area contributed by atoms with Gasteiger partial charge in [0, 0.05) is 24.4 Å². The van der Waals surface area contributed by atoms with Crippen molar-refractivity contribution in [3.63, 3.8) is 0 Å². The lowest BCUT2D eigenvalue weighted by Gasteiger charge is -2.09. The van der Waals surface area contributed by atoms with Gasteiger partial charge in [0.15, 0.2) is 0 Å². The predicted octanol–water partition coefficient (Wildman–Crippen LogP) is 3.69. The van der Waals surface area contributed by atoms with Crippen molar-refractivity contribution in [3.05, 3.63) is 52.4 Å². The van der Waals surface area contributed by atoms with Gasteiger partial charge in [0.2, 0.25) is 5.88 Å². The van der Waals surface area contributed by atoms with Gasteiger partial charge in [-0.1, -0.05) is 11.6 Å². The number of aryl methyl sites for hydroxylation is 1. The van der Waals surface area contributed by atoms with E-state index < -0.39 is 5.82 Å². The number of halogens is 2. The fourth-order valence-corrected chi connectivity index (χ4v) is 1.85. The largest absolute Gasteiger partial charge is 0.439 e. The number of rotatable bonds is 4. The van der Waals surface area contributed by atoms with Crippen molar-refractivity contribution in [3.8, 4) is 11.6 Å². The van der Waals surface area contributed by atoms with Gasteiger partial charge in [-0.25, -0.2) is 9.37 Å². The van der Waals surface area contributed by atoms with Gasteiger partial charge >= 0.3 is 0 Å². The van der Waals surface area contributed by atoms with Crippen molar-refractivity contribution in [2.45, 2.75) is 13.5 Å². The Hall–Kier alpha value is -1.65. The third-order valence-corrected chi connectivity index (χ3v) is 2.86. The molecule has 3 nitrogen and oxygen atoms in total. The summed E-state index contributed by atoms with van der Waals surface area (Å²) >= 11 is 5.70. The fraction of sp³-hybridized carbons (Fsp3) is 0.214. The van der Waals surface area contributed by atoms with Gasteiger partial charge in [-0.2, -0.15) is 0 Å². The SMILES string of the molecule is CNCc1cnc(Oc2ccc(F)c(Cl)c2)c(C)c1. The molecule has 1 aromatic heterocycles. The quantitative estimate of drug-likeness (QED) is 0.927. The first-order valence-electron chi connectivity index (χ1n) is 5.83. The van der Waals surface area contributed by atoms with E-state index in [2.05, 4.69) is 10.3 Å². The van der Waals surface area contributed by atoms with E-state index in [1.165, 1.54) is 18.2 Å². The zero-order valence-electron chi connectivity index (χ0n) is 10.7. The number of hydrogen-bond acceptors (Lipinski definition) is 3. The summed E-state index contributed by atoms with van der Waals surface area (Å²) in [6.45, 7) is 2.66. The first-order chi connectivity index (χ1) is 9.10. The molecule has 0 aliphatic carbocycles. The molecule has 2 rings (SSSR count). The van der Waals surface area contributed by atoms with Gasteiger partial charge in [-0.3, -0.25) is 0 Å². The molecule has 0 unspecified atom stereocenters.